The number of hydrogen-bond acceptors (Lipinski definition) is 0. The molecular formula is AuF6-6. The molecule has 7 heavy (non-hydrogen) atoms. The molecule has 0 saturated carbocycles. The van der Waals surface area contributed by atoms with E-state index in [2.05, 4.69) is 0 Å². The largest absolute Gasteiger partial charge is 1.00 e. The van der Waals surface area contributed by atoms with E-state index in [1.54, 1.807) is 0 Å². The van der Waals surface area contributed by atoms with E-state index in [0.29, 0.717) is 0 Å². The van der Waals surface area contributed by atoms with Gasteiger partial charge in [-0.05, 0) is 0 Å². The van der Waals surface area contributed by atoms with Gasteiger partial charge in [0.2, 0.25) is 0 Å². The first-order valence-electron chi connectivity index (χ1n) is 0. The van der Waals surface area contributed by atoms with Crippen molar-refractivity contribution in [1.29, 1.82) is 0 Å². The maximum absolute atomic E-state index is 0. The van der Waals surface area contributed by atoms with Crippen molar-refractivity contribution in [3.05, 3.63) is 0 Å². The van der Waals surface area contributed by atoms with Gasteiger partial charge in [-0.1, -0.05) is 0 Å². The monoisotopic (exact) mass is 311 g/mol. The van der Waals surface area contributed by atoms with Gasteiger partial charge in [0.25, 0.3) is 0 Å². The molecule has 0 saturated heterocycles. The van der Waals surface area contributed by atoms with Gasteiger partial charge in [-0.3, -0.25) is 0 Å². The Kier molecular flexibility index (Phi) is 710000. The Balaban J connectivity index is 0. The molecular weight excluding hydrogens is 311 g/mol. The van der Waals surface area contributed by atoms with Crippen molar-refractivity contribution in [2.24, 2.45) is 0 Å². The summed E-state index contributed by atoms with van der Waals surface area (Å²) in [4.78, 5) is 0. The predicted octanol–water partition coefficient (Wildman–Crippen LogP) is -18.0. The van der Waals surface area contributed by atoms with Gasteiger partial charge in [0.1, 0.15) is 0 Å². The Bertz CT molecular complexity index is 4.14. The average Bonchev–Trinajstić information content (AvgIpc) is 0. The summed E-state index contributed by atoms with van der Waals surface area (Å²) < 4.78 is 0. The van der Waals surface area contributed by atoms with E-state index in [4.69, 9.17) is 0 Å². The normalized spacial score (nSPS) is 0. The minimum absolute atomic E-state index is 0. The fourth-order valence-corrected chi connectivity index (χ4v) is 0. The van der Waals surface area contributed by atoms with E-state index in [1.807, 2.05) is 0 Å². The first-order valence-corrected chi connectivity index (χ1v) is 0. The van der Waals surface area contributed by atoms with E-state index < -0.39 is 0 Å². The topological polar surface area (TPSA) is 0 Å². The molecule has 0 aliphatic carbocycles. The van der Waals surface area contributed by atoms with Crippen molar-refractivity contribution in [3.63, 3.8) is 0 Å². The smallest absolute Gasteiger partial charge is 0 e. The molecule has 0 amide bonds. The molecule has 59 valence electrons. The Morgan fingerprint density at radius 2 is 0.286 bits per heavy atom. The van der Waals surface area contributed by atoms with Gasteiger partial charge < -0.3 is 28.2 Å². The summed E-state index contributed by atoms with van der Waals surface area (Å²) >= 11 is 0. The number of rotatable bonds is 0. The van der Waals surface area contributed by atoms with Crippen LogP contribution in [0, 0.1) is 0 Å². The van der Waals surface area contributed by atoms with E-state index in [0.717, 1.165) is 0 Å². The second-order valence-corrected chi connectivity index (χ2v) is 0. The van der Waals surface area contributed by atoms with Crippen LogP contribution in [-0.4, -0.2) is 0 Å². The zero-order valence-corrected chi connectivity index (χ0v) is 4.74. The van der Waals surface area contributed by atoms with Crippen molar-refractivity contribution in [3.8, 4) is 0 Å². The van der Waals surface area contributed by atoms with Gasteiger partial charge >= 0.3 is 0 Å². The van der Waals surface area contributed by atoms with Gasteiger partial charge in [0, 0.05) is 22.4 Å². The molecule has 0 heterocycles. The van der Waals surface area contributed by atoms with Gasteiger partial charge in [-0.25, -0.2) is 0 Å². The van der Waals surface area contributed by atoms with Crippen LogP contribution in [0.1, 0.15) is 0 Å². The second kappa shape index (κ2) is 1740. The van der Waals surface area contributed by atoms with Crippen molar-refractivity contribution >= 4 is 0 Å². The molecule has 0 unspecified atom stereocenters. The molecule has 0 bridgehead atoms. The summed E-state index contributed by atoms with van der Waals surface area (Å²) in [5, 5.41) is 0. The summed E-state index contributed by atoms with van der Waals surface area (Å²) in [6, 6.07) is 0. The summed E-state index contributed by atoms with van der Waals surface area (Å²) in [6.45, 7) is 0. The molecule has 0 rings (SSSR count). The van der Waals surface area contributed by atoms with Crippen LogP contribution in [0.5, 0.6) is 0 Å². The standard InChI is InChI=1S/Au.6FH/h;6*1H/p-6. The van der Waals surface area contributed by atoms with Gasteiger partial charge in [0.15, 0.2) is 0 Å². The minimum Gasteiger partial charge on any atom is -1.00 e. The van der Waals surface area contributed by atoms with Crippen LogP contribution in [0.15, 0.2) is 0 Å². The van der Waals surface area contributed by atoms with Crippen molar-refractivity contribution < 1.29 is 50.6 Å². The molecule has 1 radical (unpaired) electrons. The second-order valence-electron chi connectivity index (χ2n) is 0. The van der Waals surface area contributed by atoms with Crippen LogP contribution in [0.25, 0.3) is 0 Å². The third-order valence-electron chi connectivity index (χ3n) is 0. The molecule has 0 aromatic rings. The average molecular weight is 311 g/mol. The summed E-state index contributed by atoms with van der Waals surface area (Å²) in [7, 11) is 0. The fourth-order valence-electron chi connectivity index (χ4n) is 0. The van der Waals surface area contributed by atoms with Gasteiger partial charge in [-0.15, -0.1) is 0 Å². The van der Waals surface area contributed by atoms with Gasteiger partial charge in [0.05, 0.1) is 0 Å². The summed E-state index contributed by atoms with van der Waals surface area (Å²) in [6.07, 6.45) is 0. The van der Waals surface area contributed by atoms with Crippen LogP contribution in [0.3, 0.4) is 0 Å². The van der Waals surface area contributed by atoms with Crippen LogP contribution in [-0.2, 0) is 22.4 Å². The van der Waals surface area contributed by atoms with Crippen LogP contribution in [0.4, 0.5) is 0 Å². The van der Waals surface area contributed by atoms with Crippen LogP contribution < -0.4 is 28.2 Å². The maximum Gasteiger partial charge on any atom is 0 e. The summed E-state index contributed by atoms with van der Waals surface area (Å²) in [5.74, 6) is 0. The fraction of sp³-hybridized carbons (Fsp3) is 0. The molecule has 0 N–H and O–H groups in total. The molecule has 0 spiro atoms. The van der Waals surface area contributed by atoms with E-state index >= 15 is 0 Å². The SMILES string of the molecule is [Au].[F-].[F-].[F-].[F-].[F-].[F-]. The Labute approximate surface area is 51.4 Å². The molecule has 0 nitrogen and oxygen atoms in total. The Hall–Kier alpha value is 0.320. The van der Waals surface area contributed by atoms with E-state index in [9.17, 15) is 0 Å². The minimum atomic E-state index is 0. The molecule has 0 aliphatic rings. The Morgan fingerprint density at radius 1 is 0.286 bits per heavy atom. The molecule has 7 heteroatoms. The number of halogens is 6. The third kappa shape index (κ3) is 1150. The molecule has 0 aromatic carbocycles. The first kappa shape index (κ1) is 2850. The van der Waals surface area contributed by atoms with Crippen molar-refractivity contribution in [2.45, 2.75) is 0 Å². The zero-order valence-electron chi connectivity index (χ0n) is 2.57. The van der Waals surface area contributed by atoms with Crippen LogP contribution >= 0.6 is 0 Å². The quantitative estimate of drug-likeness (QED) is 0.308. The molecule has 0 atom stereocenters. The van der Waals surface area contributed by atoms with E-state index in [1.165, 1.54) is 0 Å². The van der Waals surface area contributed by atoms with E-state index in [-0.39, 0.29) is 50.6 Å². The molecule has 0 fully saturated rings. The third-order valence-corrected chi connectivity index (χ3v) is 0. The molecule has 0 aromatic heterocycles. The Morgan fingerprint density at radius 3 is 0.286 bits per heavy atom. The zero-order chi connectivity index (χ0) is 0. The van der Waals surface area contributed by atoms with Crippen molar-refractivity contribution in [1.82, 2.24) is 0 Å². The number of hydrogen-bond donors (Lipinski definition) is 0. The van der Waals surface area contributed by atoms with Crippen LogP contribution in [0.2, 0.25) is 0 Å². The molecule has 0 aliphatic heterocycles. The van der Waals surface area contributed by atoms with Crippen molar-refractivity contribution in [2.75, 3.05) is 0 Å². The van der Waals surface area contributed by atoms with Gasteiger partial charge in [-0.2, -0.15) is 0 Å². The maximum atomic E-state index is 0. The first-order chi connectivity index (χ1) is 0. The predicted molar refractivity (Wildman–Crippen MR) is 0 cm³/mol. The summed E-state index contributed by atoms with van der Waals surface area (Å²) in [5.41, 5.74) is 0.